The molecule has 3 fully saturated rings. The number of rotatable bonds is 2. The topological polar surface area (TPSA) is 15.3 Å². The molecule has 92 valence electrons. The van der Waals surface area contributed by atoms with E-state index in [4.69, 9.17) is 0 Å². The average molecular weight is 240 g/mol. The quantitative estimate of drug-likeness (QED) is 0.792. The first-order chi connectivity index (χ1) is 7.90. The van der Waals surface area contributed by atoms with Crippen molar-refractivity contribution >= 4 is 11.8 Å². The van der Waals surface area contributed by atoms with Gasteiger partial charge in [0.2, 0.25) is 0 Å². The maximum absolute atomic E-state index is 3.58. The molecule has 0 aliphatic carbocycles. The van der Waals surface area contributed by atoms with Crippen molar-refractivity contribution in [3.63, 3.8) is 0 Å². The summed E-state index contributed by atoms with van der Waals surface area (Å²) in [7, 11) is 0. The van der Waals surface area contributed by atoms with Gasteiger partial charge in [-0.05, 0) is 49.9 Å². The molecule has 0 aromatic carbocycles. The van der Waals surface area contributed by atoms with Crippen molar-refractivity contribution in [1.82, 2.24) is 10.2 Å². The van der Waals surface area contributed by atoms with Crippen LogP contribution in [0.4, 0.5) is 0 Å². The van der Waals surface area contributed by atoms with Crippen molar-refractivity contribution in [1.29, 1.82) is 0 Å². The molecule has 3 heterocycles. The Morgan fingerprint density at radius 1 is 1.38 bits per heavy atom. The van der Waals surface area contributed by atoms with E-state index in [2.05, 4.69) is 28.9 Å². The highest BCUT2D eigenvalue weighted by Gasteiger charge is 2.45. The Kier molecular flexibility index (Phi) is 3.46. The van der Waals surface area contributed by atoms with Gasteiger partial charge in [0.05, 0.1) is 0 Å². The van der Waals surface area contributed by atoms with Crippen LogP contribution in [-0.2, 0) is 0 Å². The normalized spacial score (nSPS) is 44.8. The molecular formula is C13H24N2S. The second-order valence-electron chi connectivity index (χ2n) is 5.63. The summed E-state index contributed by atoms with van der Waals surface area (Å²) in [6.07, 6.45) is 4.25. The van der Waals surface area contributed by atoms with E-state index < -0.39 is 0 Å². The van der Waals surface area contributed by atoms with Crippen LogP contribution in [0.3, 0.4) is 0 Å². The molecule has 0 aromatic rings. The maximum Gasteiger partial charge on any atom is 0.0189 e. The zero-order valence-electron chi connectivity index (χ0n) is 10.3. The Bertz CT molecular complexity index is 240. The minimum Gasteiger partial charge on any atom is -0.316 e. The molecule has 1 N–H and O–H groups in total. The molecule has 0 amide bonds. The van der Waals surface area contributed by atoms with Crippen LogP contribution < -0.4 is 5.32 Å². The fourth-order valence-electron chi connectivity index (χ4n) is 4.00. The highest BCUT2D eigenvalue weighted by atomic mass is 32.2. The van der Waals surface area contributed by atoms with Crippen molar-refractivity contribution in [2.24, 2.45) is 11.8 Å². The standard InChI is InChI=1S/C13H24N2S/c1-2-13-12-7-14-6-10(12)8-15(13)11-4-3-5-16-9-11/h10-14H,2-9H2,1H3. The number of fused-ring (bicyclic) bond motifs is 1. The summed E-state index contributed by atoms with van der Waals surface area (Å²) >= 11 is 2.17. The van der Waals surface area contributed by atoms with Gasteiger partial charge in [-0.25, -0.2) is 0 Å². The third-order valence-corrected chi connectivity index (χ3v) is 5.98. The first kappa shape index (κ1) is 11.4. The Hall–Kier alpha value is 0.270. The molecular weight excluding hydrogens is 216 g/mol. The number of nitrogens with zero attached hydrogens (tertiary/aromatic N) is 1. The van der Waals surface area contributed by atoms with Gasteiger partial charge in [-0.3, -0.25) is 4.90 Å². The van der Waals surface area contributed by atoms with Gasteiger partial charge in [-0.15, -0.1) is 0 Å². The lowest BCUT2D eigenvalue weighted by Gasteiger charge is -2.36. The predicted octanol–water partition coefficient (Wildman–Crippen LogP) is 1.81. The molecule has 3 rings (SSSR count). The lowest BCUT2D eigenvalue weighted by atomic mass is 9.92. The molecule has 0 bridgehead atoms. The Labute approximate surface area is 104 Å². The van der Waals surface area contributed by atoms with Crippen LogP contribution in [0.1, 0.15) is 26.2 Å². The fraction of sp³-hybridized carbons (Fsp3) is 1.00. The van der Waals surface area contributed by atoms with Gasteiger partial charge in [-0.2, -0.15) is 11.8 Å². The molecule has 4 unspecified atom stereocenters. The van der Waals surface area contributed by atoms with Gasteiger partial charge in [0, 0.05) is 24.4 Å². The van der Waals surface area contributed by atoms with Gasteiger partial charge < -0.3 is 5.32 Å². The summed E-state index contributed by atoms with van der Waals surface area (Å²) < 4.78 is 0. The van der Waals surface area contributed by atoms with Crippen molar-refractivity contribution in [2.75, 3.05) is 31.1 Å². The molecule has 0 saturated carbocycles. The highest BCUT2D eigenvalue weighted by Crippen LogP contribution is 2.37. The van der Waals surface area contributed by atoms with Gasteiger partial charge in [0.15, 0.2) is 0 Å². The summed E-state index contributed by atoms with van der Waals surface area (Å²) in [4.78, 5) is 2.88. The molecule has 0 radical (unpaired) electrons. The van der Waals surface area contributed by atoms with Crippen LogP contribution in [0.5, 0.6) is 0 Å². The van der Waals surface area contributed by atoms with E-state index in [-0.39, 0.29) is 0 Å². The summed E-state index contributed by atoms with van der Waals surface area (Å²) in [6, 6.07) is 1.78. The van der Waals surface area contributed by atoms with E-state index in [9.17, 15) is 0 Å². The number of likely N-dealkylation sites (tertiary alicyclic amines) is 1. The first-order valence-electron chi connectivity index (χ1n) is 6.94. The zero-order valence-corrected chi connectivity index (χ0v) is 11.1. The summed E-state index contributed by atoms with van der Waals surface area (Å²) in [5, 5.41) is 3.58. The number of hydrogen-bond acceptors (Lipinski definition) is 3. The maximum atomic E-state index is 3.58. The molecule has 16 heavy (non-hydrogen) atoms. The second-order valence-corrected chi connectivity index (χ2v) is 6.78. The van der Waals surface area contributed by atoms with Crippen molar-refractivity contribution < 1.29 is 0 Å². The monoisotopic (exact) mass is 240 g/mol. The van der Waals surface area contributed by atoms with Crippen LogP contribution in [-0.4, -0.2) is 48.1 Å². The second kappa shape index (κ2) is 4.87. The Morgan fingerprint density at radius 2 is 2.31 bits per heavy atom. The lowest BCUT2D eigenvalue weighted by Crippen LogP contribution is -2.44. The molecule has 0 aromatic heterocycles. The zero-order chi connectivity index (χ0) is 11.0. The van der Waals surface area contributed by atoms with Gasteiger partial charge in [-0.1, -0.05) is 6.92 Å². The summed E-state index contributed by atoms with van der Waals surface area (Å²) in [5.41, 5.74) is 0. The largest absolute Gasteiger partial charge is 0.316 e. The molecule has 0 spiro atoms. The predicted molar refractivity (Wildman–Crippen MR) is 71.0 cm³/mol. The molecule has 3 heteroatoms. The van der Waals surface area contributed by atoms with Gasteiger partial charge in [0.1, 0.15) is 0 Å². The molecule has 4 atom stereocenters. The molecule has 3 saturated heterocycles. The van der Waals surface area contributed by atoms with E-state index in [0.717, 1.165) is 23.9 Å². The smallest absolute Gasteiger partial charge is 0.0189 e. The van der Waals surface area contributed by atoms with Crippen molar-refractivity contribution in [3.8, 4) is 0 Å². The van der Waals surface area contributed by atoms with Crippen molar-refractivity contribution in [3.05, 3.63) is 0 Å². The van der Waals surface area contributed by atoms with Crippen LogP contribution in [0.25, 0.3) is 0 Å². The average Bonchev–Trinajstić information content (AvgIpc) is 2.89. The van der Waals surface area contributed by atoms with Crippen molar-refractivity contribution in [2.45, 2.75) is 38.3 Å². The van der Waals surface area contributed by atoms with Gasteiger partial charge >= 0.3 is 0 Å². The van der Waals surface area contributed by atoms with Crippen LogP contribution in [0.15, 0.2) is 0 Å². The molecule has 2 nitrogen and oxygen atoms in total. The number of hydrogen-bond donors (Lipinski definition) is 1. The SMILES string of the molecule is CCC1C2CNCC2CN1C1CCCSC1. The third-order valence-electron chi connectivity index (χ3n) is 4.78. The minimum absolute atomic E-state index is 0.878. The molecule has 3 aliphatic heterocycles. The number of thioether (sulfide) groups is 1. The van der Waals surface area contributed by atoms with Crippen LogP contribution in [0, 0.1) is 11.8 Å². The molecule has 3 aliphatic rings. The van der Waals surface area contributed by atoms with E-state index in [1.165, 1.54) is 50.4 Å². The Balaban J connectivity index is 1.70. The van der Waals surface area contributed by atoms with Crippen LogP contribution >= 0.6 is 11.8 Å². The van der Waals surface area contributed by atoms with Gasteiger partial charge in [0.25, 0.3) is 0 Å². The summed E-state index contributed by atoms with van der Waals surface area (Å²) in [6.45, 7) is 6.31. The van der Waals surface area contributed by atoms with Crippen LogP contribution in [0.2, 0.25) is 0 Å². The lowest BCUT2D eigenvalue weighted by molar-refractivity contribution is 0.158. The minimum atomic E-state index is 0.878. The Morgan fingerprint density at radius 3 is 3.06 bits per heavy atom. The first-order valence-corrected chi connectivity index (χ1v) is 8.10. The van der Waals surface area contributed by atoms with E-state index in [1.54, 1.807) is 0 Å². The summed E-state index contributed by atoms with van der Waals surface area (Å²) in [5.74, 6) is 4.70. The van der Waals surface area contributed by atoms with E-state index in [1.807, 2.05) is 0 Å². The fourth-order valence-corrected chi connectivity index (χ4v) is 5.17. The van der Waals surface area contributed by atoms with E-state index in [0.29, 0.717) is 0 Å². The third kappa shape index (κ3) is 1.91. The van der Waals surface area contributed by atoms with E-state index >= 15 is 0 Å². The highest BCUT2D eigenvalue weighted by molar-refractivity contribution is 7.99. The number of nitrogens with one attached hydrogen (secondary N) is 1.